The maximum atomic E-state index is 9.05. The molecule has 0 saturated carbocycles. The average Bonchev–Trinajstić information content (AvgIpc) is 2.84. The molecule has 0 fully saturated rings. The van der Waals surface area contributed by atoms with E-state index in [2.05, 4.69) is 11.1 Å². The van der Waals surface area contributed by atoms with E-state index in [-0.39, 0.29) is 0 Å². The number of nitriles is 1. The fraction of sp³-hybridized carbons (Fsp3) is 0.125. The first-order valence-corrected chi connectivity index (χ1v) is 7.32. The van der Waals surface area contributed by atoms with Crippen molar-refractivity contribution in [3.05, 3.63) is 64.4 Å². The molecule has 0 N–H and O–H groups in total. The van der Waals surface area contributed by atoms with Gasteiger partial charge in [-0.3, -0.25) is 0 Å². The van der Waals surface area contributed by atoms with Crippen molar-refractivity contribution in [3.63, 3.8) is 0 Å². The smallest absolute Gasteiger partial charge is 0.125 e. The van der Waals surface area contributed by atoms with Gasteiger partial charge in [0, 0.05) is 11.6 Å². The van der Waals surface area contributed by atoms with E-state index < -0.39 is 0 Å². The van der Waals surface area contributed by atoms with Gasteiger partial charge in [0.2, 0.25) is 0 Å². The van der Waals surface area contributed by atoms with Crippen LogP contribution in [0.1, 0.15) is 17.0 Å². The highest BCUT2D eigenvalue weighted by Gasteiger charge is 2.11. The monoisotopic (exact) mass is 315 g/mol. The summed E-state index contributed by atoms with van der Waals surface area (Å²) >= 11 is 12.0. The first kappa shape index (κ1) is 13.9. The molecular formula is C16H11Cl2N3. The topological polar surface area (TPSA) is 41.6 Å². The van der Waals surface area contributed by atoms with Gasteiger partial charge in [0.05, 0.1) is 28.5 Å². The molecule has 0 atom stereocenters. The van der Waals surface area contributed by atoms with Crippen molar-refractivity contribution in [2.24, 2.45) is 0 Å². The number of alkyl halides is 1. The Balaban J connectivity index is 2.13. The zero-order chi connectivity index (χ0) is 14.8. The zero-order valence-corrected chi connectivity index (χ0v) is 12.6. The van der Waals surface area contributed by atoms with Gasteiger partial charge in [-0.1, -0.05) is 23.7 Å². The Morgan fingerprint density at radius 2 is 2.05 bits per heavy atom. The van der Waals surface area contributed by atoms with E-state index in [0.717, 1.165) is 22.4 Å². The standard InChI is InChI=1S/C16H11Cl2N3/c17-8-16-20-14-5-4-11(9-19)7-15(14)21(16)10-12-2-1-3-13(18)6-12/h1-7H,8,10H2. The summed E-state index contributed by atoms with van der Waals surface area (Å²) in [6.07, 6.45) is 0. The Kier molecular flexibility index (Phi) is 3.83. The summed E-state index contributed by atoms with van der Waals surface area (Å²) in [6.45, 7) is 0.619. The van der Waals surface area contributed by atoms with Crippen LogP contribution in [0.2, 0.25) is 5.02 Å². The number of aromatic nitrogens is 2. The maximum Gasteiger partial charge on any atom is 0.125 e. The third-order valence-electron chi connectivity index (χ3n) is 3.31. The fourth-order valence-electron chi connectivity index (χ4n) is 2.34. The van der Waals surface area contributed by atoms with Gasteiger partial charge in [0.1, 0.15) is 5.82 Å². The third kappa shape index (κ3) is 2.73. The summed E-state index contributed by atoms with van der Waals surface area (Å²) in [5, 5.41) is 9.75. The third-order valence-corrected chi connectivity index (χ3v) is 3.78. The molecule has 3 nitrogen and oxygen atoms in total. The molecule has 0 spiro atoms. The molecule has 0 radical (unpaired) electrons. The highest BCUT2D eigenvalue weighted by Crippen LogP contribution is 2.21. The summed E-state index contributed by atoms with van der Waals surface area (Å²) in [5.74, 6) is 1.10. The maximum absolute atomic E-state index is 9.05. The van der Waals surface area contributed by atoms with Crippen LogP contribution in [0.3, 0.4) is 0 Å². The van der Waals surface area contributed by atoms with Crippen molar-refractivity contribution >= 4 is 34.2 Å². The fourth-order valence-corrected chi connectivity index (χ4v) is 2.76. The molecule has 1 aromatic heterocycles. The van der Waals surface area contributed by atoms with E-state index in [1.54, 1.807) is 6.07 Å². The second-order valence-electron chi connectivity index (χ2n) is 4.69. The number of hydrogen-bond acceptors (Lipinski definition) is 2. The minimum atomic E-state index is 0.317. The van der Waals surface area contributed by atoms with Gasteiger partial charge in [-0.05, 0) is 35.9 Å². The molecule has 0 aliphatic carbocycles. The molecule has 1 heterocycles. The van der Waals surface area contributed by atoms with Crippen LogP contribution in [-0.2, 0) is 12.4 Å². The predicted molar refractivity (Wildman–Crippen MR) is 84.6 cm³/mol. The molecule has 2 aromatic carbocycles. The van der Waals surface area contributed by atoms with Gasteiger partial charge >= 0.3 is 0 Å². The molecule has 5 heteroatoms. The Labute approximate surface area is 132 Å². The molecule has 0 bridgehead atoms. The Bertz CT molecular complexity index is 846. The van der Waals surface area contributed by atoms with E-state index in [1.165, 1.54) is 0 Å². The summed E-state index contributed by atoms with van der Waals surface area (Å²) in [5.41, 5.74) is 3.42. The van der Waals surface area contributed by atoms with Crippen LogP contribution in [0.4, 0.5) is 0 Å². The summed E-state index contributed by atoms with van der Waals surface area (Å²) in [6, 6.07) is 15.3. The van der Waals surface area contributed by atoms with E-state index in [4.69, 9.17) is 28.5 Å². The normalized spacial score (nSPS) is 10.7. The molecule has 0 unspecified atom stereocenters. The first-order valence-electron chi connectivity index (χ1n) is 6.41. The number of benzene rings is 2. The number of imidazole rings is 1. The van der Waals surface area contributed by atoms with Crippen molar-refractivity contribution in [2.45, 2.75) is 12.4 Å². The lowest BCUT2D eigenvalue weighted by atomic mass is 10.2. The largest absolute Gasteiger partial charge is 0.322 e. The Morgan fingerprint density at radius 1 is 1.19 bits per heavy atom. The Hall–Kier alpha value is -2.02. The van der Waals surface area contributed by atoms with E-state index in [0.29, 0.717) is 23.0 Å². The van der Waals surface area contributed by atoms with Gasteiger partial charge in [-0.15, -0.1) is 11.6 Å². The second kappa shape index (κ2) is 5.77. The molecule has 0 amide bonds. The summed E-state index contributed by atoms with van der Waals surface area (Å²) < 4.78 is 2.02. The number of rotatable bonds is 3. The predicted octanol–water partition coefficient (Wildman–Crippen LogP) is 4.35. The lowest BCUT2D eigenvalue weighted by Crippen LogP contribution is -2.03. The molecular weight excluding hydrogens is 305 g/mol. The van der Waals surface area contributed by atoms with Crippen molar-refractivity contribution in [2.75, 3.05) is 0 Å². The first-order chi connectivity index (χ1) is 10.2. The van der Waals surface area contributed by atoms with Crippen LogP contribution >= 0.6 is 23.2 Å². The van der Waals surface area contributed by atoms with Gasteiger partial charge < -0.3 is 4.57 Å². The van der Waals surface area contributed by atoms with Crippen molar-refractivity contribution < 1.29 is 0 Å². The van der Waals surface area contributed by atoms with Crippen LogP contribution in [0.25, 0.3) is 11.0 Å². The van der Waals surface area contributed by atoms with Gasteiger partial charge in [0.15, 0.2) is 0 Å². The molecule has 3 rings (SSSR count). The van der Waals surface area contributed by atoms with E-state index in [9.17, 15) is 0 Å². The molecule has 0 aliphatic heterocycles. The van der Waals surface area contributed by atoms with Crippen molar-refractivity contribution in [3.8, 4) is 6.07 Å². The van der Waals surface area contributed by atoms with Gasteiger partial charge in [-0.25, -0.2) is 4.98 Å². The second-order valence-corrected chi connectivity index (χ2v) is 5.40. The van der Waals surface area contributed by atoms with Crippen molar-refractivity contribution in [1.82, 2.24) is 9.55 Å². The highest BCUT2D eigenvalue weighted by molar-refractivity contribution is 6.30. The van der Waals surface area contributed by atoms with Crippen molar-refractivity contribution in [1.29, 1.82) is 5.26 Å². The zero-order valence-electron chi connectivity index (χ0n) is 11.1. The van der Waals surface area contributed by atoms with Gasteiger partial charge in [0.25, 0.3) is 0 Å². The minimum absolute atomic E-state index is 0.317. The van der Waals surface area contributed by atoms with Crippen LogP contribution in [0.5, 0.6) is 0 Å². The minimum Gasteiger partial charge on any atom is -0.322 e. The Morgan fingerprint density at radius 3 is 2.76 bits per heavy atom. The molecule has 3 aromatic rings. The molecule has 21 heavy (non-hydrogen) atoms. The van der Waals surface area contributed by atoms with Gasteiger partial charge in [-0.2, -0.15) is 5.26 Å². The summed E-state index contributed by atoms with van der Waals surface area (Å²) in [7, 11) is 0. The average molecular weight is 316 g/mol. The number of halogens is 2. The van der Waals surface area contributed by atoms with Crippen LogP contribution in [0.15, 0.2) is 42.5 Å². The molecule has 0 saturated heterocycles. The van der Waals surface area contributed by atoms with Crippen LogP contribution < -0.4 is 0 Å². The number of nitrogens with zero attached hydrogens (tertiary/aromatic N) is 3. The summed E-state index contributed by atoms with van der Waals surface area (Å²) in [4.78, 5) is 4.51. The van der Waals surface area contributed by atoms with Crippen LogP contribution in [0, 0.1) is 11.3 Å². The van der Waals surface area contributed by atoms with E-state index >= 15 is 0 Å². The number of fused-ring (bicyclic) bond motifs is 1. The lowest BCUT2D eigenvalue weighted by molar-refractivity contribution is 0.778. The molecule has 104 valence electrons. The lowest BCUT2D eigenvalue weighted by Gasteiger charge is -2.08. The van der Waals surface area contributed by atoms with Crippen LogP contribution in [-0.4, -0.2) is 9.55 Å². The van der Waals surface area contributed by atoms with E-state index in [1.807, 2.05) is 41.0 Å². The molecule has 0 aliphatic rings. The SMILES string of the molecule is N#Cc1ccc2nc(CCl)n(Cc3cccc(Cl)c3)c2c1. The highest BCUT2D eigenvalue weighted by atomic mass is 35.5. The number of hydrogen-bond donors (Lipinski definition) is 0. The quantitative estimate of drug-likeness (QED) is 0.674.